The zero-order chi connectivity index (χ0) is 17.8. The highest BCUT2D eigenvalue weighted by Crippen LogP contribution is 2.26. The fourth-order valence-electron chi connectivity index (χ4n) is 2.61. The summed E-state index contributed by atoms with van der Waals surface area (Å²) in [6.45, 7) is 2.17. The van der Waals surface area contributed by atoms with Gasteiger partial charge in [0.05, 0.1) is 12.1 Å². The third kappa shape index (κ3) is 4.07. The van der Waals surface area contributed by atoms with Crippen LogP contribution in [0.5, 0.6) is 5.75 Å². The first-order valence-electron chi connectivity index (χ1n) is 8.07. The molecular weight excluding hydrogens is 316 g/mol. The van der Waals surface area contributed by atoms with E-state index in [1.807, 2.05) is 61.5 Å². The molecule has 128 valence electrons. The Morgan fingerprint density at radius 3 is 2.60 bits per heavy atom. The van der Waals surface area contributed by atoms with Crippen LogP contribution in [0.4, 0.5) is 5.69 Å². The average Bonchev–Trinajstić information content (AvgIpc) is 2.62. The Kier molecular flexibility index (Phi) is 4.84. The van der Waals surface area contributed by atoms with E-state index in [2.05, 4.69) is 5.32 Å². The molecule has 2 aromatic rings. The molecule has 3 rings (SSSR count). The van der Waals surface area contributed by atoms with Gasteiger partial charge in [0.25, 0.3) is 5.91 Å². The number of hydrogen-bond donors (Lipinski definition) is 1. The lowest BCUT2D eigenvalue weighted by Gasteiger charge is -2.22. The van der Waals surface area contributed by atoms with E-state index in [0.29, 0.717) is 11.3 Å². The minimum absolute atomic E-state index is 0.0221. The van der Waals surface area contributed by atoms with Gasteiger partial charge in [-0.1, -0.05) is 35.9 Å². The molecule has 5 heteroatoms. The third-order valence-electron chi connectivity index (χ3n) is 3.97. The van der Waals surface area contributed by atoms with E-state index in [-0.39, 0.29) is 25.0 Å². The van der Waals surface area contributed by atoms with Crippen molar-refractivity contribution in [2.75, 3.05) is 25.5 Å². The first kappa shape index (κ1) is 16.8. The first-order chi connectivity index (χ1) is 12.0. The molecule has 0 unspecified atom stereocenters. The number of hydrogen-bond acceptors (Lipinski definition) is 3. The van der Waals surface area contributed by atoms with Crippen LogP contribution < -0.4 is 10.1 Å². The Morgan fingerprint density at radius 1 is 1.12 bits per heavy atom. The van der Waals surface area contributed by atoms with Crippen molar-refractivity contribution < 1.29 is 14.3 Å². The minimum atomic E-state index is -0.238. The highest BCUT2D eigenvalue weighted by Gasteiger charge is 2.21. The maximum atomic E-state index is 12.5. The molecule has 0 aromatic heterocycles. The molecule has 25 heavy (non-hydrogen) atoms. The topological polar surface area (TPSA) is 58.6 Å². The summed E-state index contributed by atoms with van der Waals surface area (Å²) in [7, 11) is 1.61. The summed E-state index contributed by atoms with van der Waals surface area (Å²) in [5, 5.41) is 2.79. The molecule has 1 N–H and O–H groups in total. The molecule has 0 fully saturated rings. The molecule has 5 nitrogen and oxygen atoms in total. The molecule has 1 aliphatic rings. The van der Waals surface area contributed by atoms with Gasteiger partial charge >= 0.3 is 0 Å². The van der Waals surface area contributed by atoms with Crippen LogP contribution in [0, 0.1) is 6.92 Å². The SMILES string of the molecule is Cc1ccc(NC(=O)CN(C)C(=O)C2=Cc3ccccc3OC2)cc1. The Balaban J connectivity index is 1.62. The number of fused-ring (bicyclic) bond motifs is 1. The lowest BCUT2D eigenvalue weighted by Crippen LogP contribution is -2.37. The standard InChI is InChI=1S/C20H20N2O3/c1-14-7-9-17(10-8-14)21-19(23)12-22(2)20(24)16-11-15-5-3-4-6-18(15)25-13-16/h3-11H,12-13H2,1-2H3,(H,21,23). The van der Waals surface area contributed by atoms with Crippen LogP contribution in [0.2, 0.25) is 0 Å². The molecule has 0 saturated heterocycles. The first-order valence-corrected chi connectivity index (χ1v) is 8.07. The quantitative estimate of drug-likeness (QED) is 0.934. The lowest BCUT2D eigenvalue weighted by molar-refractivity contribution is -0.130. The van der Waals surface area contributed by atoms with E-state index < -0.39 is 0 Å². The van der Waals surface area contributed by atoms with Crippen LogP contribution in [0.3, 0.4) is 0 Å². The van der Waals surface area contributed by atoms with Crippen LogP contribution in [0.25, 0.3) is 6.08 Å². The molecule has 2 amide bonds. The number of amides is 2. The van der Waals surface area contributed by atoms with E-state index in [9.17, 15) is 9.59 Å². The van der Waals surface area contributed by atoms with Gasteiger partial charge in [-0.2, -0.15) is 0 Å². The van der Waals surface area contributed by atoms with E-state index >= 15 is 0 Å². The molecule has 0 spiro atoms. The van der Waals surface area contributed by atoms with E-state index in [1.165, 1.54) is 4.90 Å². The zero-order valence-corrected chi connectivity index (χ0v) is 14.3. The van der Waals surface area contributed by atoms with Crippen LogP contribution in [-0.2, 0) is 9.59 Å². The van der Waals surface area contributed by atoms with Crippen molar-refractivity contribution in [2.24, 2.45) is 0 Å². The number of benzene rings is 2. The van der Waals surface area contributed by atoms with Crippen molar-refractivity contribution in [3.63, 3.8) is 0 Å². The maximum absolute atomic E-state index is 12.5. The molecule has 0 atom stereocenters. The monoisotopic (exact) mass is 336 g/mol. The predicted octanol–water partition coefficient (Wildman–Crippen LogP) is 2.87. The van der Waals surface area contributed by atoms with Crippen LogP contribution >= 0.6 is 0 Å². The van der Waals surface area contributed by atoms with Gasteiger partial charge in [-0.15, -0.1) is 0 Å². The summed E-state index contributed by atoms with van der Waals surface area (Å²) < 4.78 is 5.60. The number of anilines is 1. The largest absolute Gasteiger partial charge is 0.488 e. The smallest absolute Gasteiger partial charge is 0.253 e. The normalized spacial score (nSPS) is 12.5. The maximum Gasteiger partial charge on any atom is 0.253 e. The van der Waals surface area contributed by atoms with Crippen molar-refractivity contribution in [1.29, 1.82) is 0 Å². The summed E-state index contributed by atoms with van der Waals surface area (Å²) in [6, 6.07) is 15.1. The molecule has 0 aliphatic carbocycles. The van der Waals surface area contributed by atoms with Crippen LogP contribution in [0.1, 0.15) is 11.1 Å². The van der Waals surface area contributed by atoms with Crippen molar-refractivity contribution in [2.45, 2.75) is 6.92 Å². The highest BCUT2D eigenvalue weighted by atomic mass is 16.5. The molecule has 1 aliphatic heterocycles. The van der Waals surface area contributed by atoms with Crippen LogP contribution in [0.15, 0.2) is 54.1 Å². The van der Waals surface area contributed by atoms with Crippen molar-refractivity contribution in [3.05, 3.63) is 65.2 Å². The fraction of sp³-hybridized carbons (Fsp3) is 0.200. The predicted molar refractivity (Wildman–Crippen MR) is 97.4 cm³/mol. The molecule has 0 saturated carbocycles. The van der Waals surface area contributed by atoms with Gasteiger partial charge in [0.1, 0.15) is 12.4 Å². The van der Waals surface area contributed by atoms with Gasteiger partial charge in [-0.05, 0) is 31.2 Å². The molecule has 2 aromatic carbocycles. The van der Waals surface area contributed by atoms with E-state index in [4.69, 9.17) is 4.74 Å². The number of carbonyl (C=O) groups excluding carboxylic acids is 2. The van der Waals surface area contributed by atoms with E-state index in [0.717, 1.165) is 16.9 Å². The Bertz CT molecular complexity index is 825. The number of rotatable bonds is 4. The second kappa shape index (κ2) is 7.21. The van der Waals surface area contributed by atoms with Crippen LogP contribution in [-0.4, -0.2) is 36.9 Å². The Hall–Kier alpha value is -3.08. The lowest BCUT2D eigenvalue weighted by atomic mass is 10.1. The summed E-state index contributed by atoms with van der Waals surface area (Å²) in [6.07, 6.45) is 1.82. The highest BCUT2D eigenvalue weighted by molar-refractivity contribution is 6.02. The second-order valence-corrected chi connectivity index (χ2v) is 6.07. The Morgan fingerprint density at radius 2 is 1.84 bits per heavy atom. The minimum Gasteiger partial charge on any atom is -0.488 e. The summed E-state index contributed by atoms with van der Waals surface area (Å²) >= 11 is 0. The van der Waals surface area contributed by atoms with Gasteiger partial charge in [0, 0.05) is 18.3 Å². The average molecular weight is 336 g/mol. The number of nitrogens with zero attached hydrogens (tertiary/aromatic N) is 1. The van der Waals surface area contributed by atoms with Gasteiger partial charge < -0.3 is 15.0 Å². The number of nitrogens with one attached hydrogen (secondary N) is 1. The number of carbonyl (C=O) groups is 2. The number of aryl methyl sites for hydroxylation is 1. The summed E-state index contributed by atoms with van der Waals surface area (Å²) in [5.74, 6) is 0.310. The number of para-hydroxylation sites is 1. The molecular formula is C20H20N2O3. The number of ether oxygens (including phenoxy) is 1. The summed E-state index contributed by atoms with van der Waals surface area (Å²) in [5.41, 5.74) is 3.24. The summed E-state index contributed by atoms with van der Waals surface area (Å²) in [4.78, 5) is 26.1. The van der Waals surface area contributed by atoms with Gasteiger partial charge in [0.15, 0.2) is 0 Å². The Labute approximate surface area is 146 Å². The van der Waals surface area contributed by atoms with E-state index in [1.54, 1.807) is 7.05 Å². The number of likely N-dealkylation sites (N-methyl/N-ethyl adjacent to an activating group) is 1. The van der Waals surface area contributed by atoms with Crippen molar-refractivity contribution in [3.8, 4) is 5.75 Å². The fourth-order valence-corrected chi connectivity index (χ4v) is 2.61. The zero-order valence-electron chi connectivity index (χ0n) is 14.3. The molecule has 0 radical (unpaired) electrons. The van der Waals surface area contributed by atoms with Gasteiger partial charge in [0.2, 0.25) is 5.91 Å². The van der Waals surface area contributed by atoms with Gasteiger partial charge in [-0.3, -0.25) is 9.59 Å². The van der Waals surface area contributed by atoms with Crippen molar-refractivity contribution >= 4 is 23.6 Å². The molecule has 1 heterocycles. The third-order valence-corrected chi connectivity index (χ3v) is 3.97. The van der Waals surface area contributed by atoms with Crippen molar-refractivity contribution in [1.82, 2.24) is 4.90 Å². The molecule has 0 bridgehead atoms. The van der Waals surface area contributed by atoms with Gasteiger partial charge in [-0.25, -0.2) is 0 Å². The second-order valence-electron chi connectivity index (χ2n) is 6.07.